The first-order valence-electron chi connectivity index (χ1n) is 8.92. The zero-order chi connectivity index (χ0) is 20.2. The number of likely N-dealkylation sites (tertiary alicyclic amines) is 1. The van der Waals surface area contributed by atoms with Crippen molar-refractivity contribution in [3.63, 3.8) is 0 Å². The fourth-order valence-corrected chi connectivity index (χ4v) is 3.34. The first kappa shape index (κ1) is 21.1. The van der Waals surface area contributed by atoms with Crippen molar-refractivity contribution in [1.82, 2.24) is 10.2 Å². The van der Waals surface area contributed by atoms with Gasteiger partial charge in [0.05, 0.1) is 11.0 Å². The zero-order valence-electron chi connectivity index (χ0n) is 15.3. The summed E-state index contributed by atoms with van der Waals surface area (Å²) in [5.41, 5.74) is 0.638. The third-order valence-corrected chi connectivity index (χ3v) is 4.95. The van der Waals surface area contributed by atoms with Crippen LogP contribution in [0, 0.1) is 16.0 Å². The third kappa shape index (κ3) is 5.92. The van der Waals surface area contributed by atoms with Gasteiger partial charge in [-0.1, -0.05) is 25.1 Å². The molecule has 1 fully saturated rings. The lowest BCUT2D eigenvalue weighted by atomic mass is 9.92. The van der Waals surface area contributed by atoms with Crippen molar-refractivity contribution in [3.8, 4) is 0 Å². The van der Waals surface area contributed by atoms with Crippen LogP contribution in [0.2, 0.25) is 0 Å². The molecule has 6 nitrogen and oxygen atoms in total. The molecule has 1 saturated heterocycles. The van der Waals surface area contributed by atoms with Gasteiger partial charge in [0.2, 0.25) is 5.91 Å². The van der Waals surface area contributed by atoms with Crippen LogP contribution in [0.5, 0.6) is 0 Å². The van der Waals surface area contributed by atoms with E-state index in [0.29, 0.717) is 24.8 Å². The van der Waals surface area contributed by atoms with Crippen molar-refractivity contribution in [3.05, 3.63) is 39.9 Å². The van der Waals surface area contributed by atoms with Crippen LogP contribution < -0.4 is 5.32 Å². The maximum absolute atomic E-state index is 12.6. The Balaban J connectivity index is 1.98. The smallest absolute Gasteiger partial charge is 0.332 e. The van der Waals surface area contributed by atoms with Crippen LogP contribution in [0.25, 0.3) is 0 Å². The Morgan fingerprint density at radius 1 is 1.33 bits per heavy atom. The highest BCUT2D eigenvalue weighted by molar-refractivity contribution is 5.82. The van der Waals surface area contributed by atoms with E-state index in [-0.39, 0.29) is 24.2 Å². The van der Waals surface area contributed by atoms with Crippen molar-refractivity contribution in [2.24, 2.45) is 5.92 Å². The Kier molecular flexibility index (Phi) is 6.80. The number of rotatable bonds is 7. The molecule has 0 bridgehead atoms. The van der Waals surface area contributed by atoms with Gasteiger partial charge in [-0.05, 0) is 32.1 Å². The summed E-state index contributed by atoms with van der Waals surface area (Å²) >= 11 is 0. The van der Waals surface area contributed by atoms with Crippen LogP contribution in [0.15, 0.2) is 24.3 Å². The maximum atomic E-state index is 12.6. The van der Waals surface area contributed by atoms with Gasteiger partial charge >= 0.3 is 6.18 Å². The number of alkyl halides is 3. The molecule has 27 heavy (non-hydrogen) atoms. The molecule has 1 amide bonds. The van der Waals surface area contributed by atoms with E-state index in [2.05, 4.69) is 5.32 Å². The molecule has 1 aromatic carbocycles. The quantitative estimate of drug-likeness (QED) is 0.575. The Labute approximate surface area is 155 Å². The Morgan fingerprint density at radius 2 is 2.00 bits per heavy atom. The number of halogens is 3. The lowest BCUT2D eigenvalue weighted by Crippen LogP contribution is -2.55. The van der Waals surface area contributed by atoms with Crippen LogP contribution in [0.4, 0.5) is 18.9 Å². The van der Waals surface area contributed by atoms with Gasteiger partial charge in [0.25, 0.3) is 5.69 Å². The van der Waals surface area contributed by atoms with Gasteiger partial charge in [-0.25, -0.2) is 0 Å². The van der Waals surface area contributed by atoms with Gasteiger partial charge in [0.1, 0.15) is 6.54 Å². The van der Waals surface area contributed by atoms with Crippen LogP contribution in [0.1, 0.15) is 32.3 Å². The summed E-state index contributed by atoms with van der Waals surface area (Å²) in [5, 5.41) is 14.3. The summed E-state index contributed by atoms with van der Waals surface area (Å²) in [6.45, 7) is 2.62. The first-order valence-corrected chi connectivity index (χ1v) is 8.92. The molecular formula is C18H24F3N3O3. The normalized spacial score (nSPS) is 20.4. The molecule has 0 radical (unpaired) electrons. The molecule has 0 saturated carbocycles. The number of carbonyl (C=O) groups excluding carboxylic acids is 1. The minimum absolute atomic E-state index is 0.0432. The predicted octanol–water partition coefficient (Wildman–Crippen LogP) is 3.30. The molecular weight excluding hydrogens is 363 g/mol. The number of carbonyl (C=O) groups is 1. The number of nitrogens with zero attached hydrogens (tertiary/aromatic N) is 2. The summed E-state index contributed by atoms with van der Waals surface area (Å²) in [6.07, 6.45) is -3.00. The number of hydrogen-bond acceptors (Lipinski definition) is 4. The highest BCUT2D eigenvalue weighted by Gasteiger charge is 2.37. The Bertz CT molecular complexity index is 681. The van der Waals surface area contributed by atoms with Crippen LogP contribution in [0.3, 0.4) is 0 Å². The van der Waals surface area contributed by atoms with E-state index in [0.717, 1.165) is 4.90 Å². The second kappa shape index (κ2) is 8.69. The number of hydrogen-bond donors (Lipinski definition) is 1. The van der Waals surface area contributed by atoms with Gasteiger partial charge in [-0.2, -0.15) is 13.2 Å². The summed E-state index contributed by atoms with van der Waals surface area (Å²) in [5.74, 6) is -0.583. The number of piperidine rings is 1. The standard InChI is InChI=1S/C18H24F3N3O3/c1-12(10-14-6-3-4-8-16(14)24(26)27)13(2)22-15-7-5-9-23(17(15)25)11-18(19,20)21/h3-4,6,8,12-13,15,22H,5,7,9-11H2,1-2H3/t12-,13-,15-/m1/s1. The fourth-order valence-electron chi connectivity index (χ4n) is 3.34. The number of nitro groups is 1. The van der Waals surface area contributed by atoms with E-state index in [4.69, 9.17) is 0 Å². The van der Waals surface area contributed by atoms with Crippen LogP contribution in [-0.2, 0) is 11.2 Å². The lowest BCUT2D eigenvalue weighted by molar-refractivity contribution is -0.385. The highest BCUT2D eigenvalue weighted by atomic mass is 19.4. The minimum Gasteiger partial charge on any atom is -0.332 e. The molecule has 1 heterocycles. The lowest BCUT2D eigenvalue weighted by Gasteiger charge is -2.35. The van der Waals surface area contributed by atoms with Crippen molar-refractivity contribution in [2.75, 3.05) is 13.1 Å². The summed E-state index contributed by atoms with van der Waals surface area (Å²) in [4.78, 5) is 23.9. The molecule has 150 valence electrons. The highest BCUT2D eigenvalue weighted by Crippen LogP contribution is 2.24. The molecule has 1 N–H and O–H groups in total. The molecule has 0 spiro atoms. The molecule has 2 rings (SSSR count). The number of benzene rings is 1. The van der Waals surface area contributed by atoms with E-state index in [1.54, 1.807) is 18.2 Å². The van der Waals surface area contributed by atoms with Crippen molar-refractivity contribution in [2.45, 2.75) is 51.4 Å². The van der Waals surface area contributed by atoms with E-state index in [9.17, 15) is 28.1 Å². The largest absolute Gasteiger partial charge is 0.406 e. The van der Waals surface area contributed by atoms with Gasteiger partial charge in [-0.3, -0.25) is 14.9 Å². The molecule has 1 aliphatic rings. The monoisotopic (exact) mass is 387 g/mol. The molecule has 1 aliphatic heterocycles. The summed E-state index contributed by atoms with van der Waals surface area (Å²) in [6, 6.07) is 5.61. The van der Waals surface area contributed by atoms with E-state index in [1.165, 1.54) is 6.07 Å². The predicted molar refractivity (Wildman–Crippen MR) is 94.2 cm³/mol. The van der Waals surface area contributed by atoms with Crippen LogP contribution >= 0.6 is 0 Å². The fraction of sp³-hybridized carbons (Fsp3) is 0.611. The molecule has 0 aliphatic carbocycles. The summed E-state index contributed by atoms with van der Waals surface area (Å²) < 4.78 is 37.8. The van der Waals surface area contributed by atoms with Gasteiger partial charge < -0.3 is 10.2 Å². The molecule has 9 heteroatoms. The zero-order valence-corrected chi connectivity index (χ0v) is 15.3. The third-order valence-electron chi connectivity index (χ3n) is 4.95. The van der Waals surface area contributed by atoms with Crippen molar-refractivity contribution >= 4 is 11.6 Å². The molecule has 0 aromatic heterocycles. The average Bonchev–Trinajstić information content (AvgIpc) is 2.57. The first-order chi connectivity index (χ1) is 12.6. The molecule has 1 aromatic rings. The molecule has 0 unspecified atom stereocenters. The van der Waals surface area contributed by atoms with E-state index in [1.807, 2.05) is 13.8 Å². The van der Waals surface area contributed by atoms with Gasteiger partial charge in [0.15, 0.2) is 0 Å². The minimum atomic E-state index is -4.41. The maximum Gasteiger partial charge on any atom is 0.406 e. The van der Waals surface area contributed by atoms with Crippen molar-refractivity contribution in [1.29, 1.82) is 0 Å². The van der Waals surface area contributed by atoms with Gasteiger partial charge in [0, 0.05) is 24.2 Å². The number of para-hydroxylation sites is 1. The number of amides is 1. The summed E-state index contributed by atoms with van der Waals surface area (Å²) in [7, 11) is 0. The average molecular weight is 387 g/mol. The second-order valence-corrected chi connectivity index (χ2v) is 7.09. The number of nitrogens with one attached hydrogen (secondary N) is 1. The Morgan fingerprint density at radius 3 is 2.63 bits per heavy atom. The van der Waals surface area contributed by atoms with Crippen molar-refractivity contribution < 1.29 is 22.9 Å². The van der Waals surface area contributed by atoms with Crippen LogP contribution in [-0.4, -0.2) is 47.1 Å². The second-order valence-electron chi connectivity index (χ2n) is 7.09. The SMILES string of the molecule is C[C@H](Cc1ccccc1[N+](=O)[O-])[C@@H](C)N[C@@H]1CCCN(CC(F)(F)F)C1=O. The van der Waals surface area contributed by atoms with E-state index < -0.39 is 29.6 Å². The molecule has 3 atom stereocenters. The Hall–Kier alpha value is -2.16. The topological polar surface area (TPSA) is 75.5 Å². The van der Waals surface area contributed by atoms with Gasteiger partial charge in [-0.15, -0.1) is 0 Å². The van der Waals surface area contributed by atoms with E-state index >= 15 is 0 Å². The number of nitro benzene ring substituents is 1.